The monoisotopic (exact) mass is 261 g/mol. The molecule has 1 aliphatic rings. The molecule has 0 bridgehead atoms. The lowest BCUT2D eigenvalue weighted by molar-refractivity contribution is -0.133. The lowest BCUT2D eigenvalue weighted by atomic mass is 9.84. The van der Waals surface area contributed by atoms with E-state index in [0.717, 1.165) is 12.0 Å². The van der Waals surface area contributed by atoms with Crippen LogP contribution in [0.1, 0.15) is 38.2 Å². The van der Waals surface area contributed by atoms with Gasteiger partial charge in [0.2, 0.25) is 5.91 Å². The Morgan fingerprint density at radius 1 is 1.42 bits per heavy atom. The Labute approximate surface area is 115 Å². The number of hydrogen-bond donors (Lipinski definition) is 1. The maximum absolute atomic E-state index is 12.7. The van der Waals surface area contributed by atoms with Crippen LogP contribution in [0, 0.1) is 5.92 Å². The zero-order valence-corrected chi connectivity index (χ0v) is 11.7. The average molecular weight is 261 g/mol. The Kier molecular flexibility index (Phi) is 4.59. The van der Waals surface area contributed by atoms with Crippen LogP contribution < -0.4 is 0 Å². The largest absolute Gasteiger partial charge is 0.391 e. The van der Waals surface area contributed by atoms with E-state index in [4.69, 9.17) is 0 Å². The summed E-state index contributed by atoms with van der Waals surface area (Å²) >= 11 is 0. The van der Waals surface area contributed by atoms with E-state index in [1.807, 2.05) is 35.2 Å². The summed E-state index contributed by atoms with van der Waals surface area (Å²) in [7, 11) is 0. The Morgan fingerprint density at radius 2 is 2.11 bits per heavy atom. The Morgan fingerprint density at radius 3 is 2.63 bits per heavy atom. The second-order valence-corrected chi connectivity index (χ2v) is 5.50. The maximum Gasteiger partial charge on any atom is 0.230 e. The van der Waals surface area contributed by atoms with Crippen molar-refractivity contribution in [2.24, 2.45) is 5.92 Å². The second-order valence-electron chi connectivity index (χ2n) is 5.50. The van der Waals surface area contributed by atoms with Crippen molar-refractivity contribution in [1.82, 2.24) is 4.90 Å². The fraction of sp³-hybridized carbons (Fsp3) is 0.562. The van der Waals surface area contributed by atoms with Gasteiger partial charge in [0.25, 0.3) is 0 Å². The molecule has 1 aromatic rings. The molecule has 3 heteroatoms. The number of nitrogens with zero attached hydrogens (tertiary/aromatic N) is 1. The van der Waals surface area contributed by atoms with E-state index >= 15 is 0 Å². The summed E-state index contributed by atoms with van der Waals surface area (Å²) in [5.74, 6) is 0.390. The van der Waals surface area contributed by atoms with Crippen molar-refractivity contribution in [1.29, 1.82) is 0 Å². The summed E-state index contributed by atoms with van der Waals surface area (Å²) in [4.78, 5) is 14.5. The molecule has 1 aliphatic heterocycles. The first kappa shape index (κ1) is 14.1. The highest BCUT2D eigenvalue weighted by Gasteiger charge is 2.33. The maximum atomic E-state index is 12.7. The van der Waals surface area contributed by atoms with Gasteiger partial charge in [-0.25, -0.2) is 0 Å². The van der Waals surface area contributed by atoms with Crippen LogP contribution in [0.15, 0.2) is 30.3 Å². The zero-order chi connectivity index (χ0) is 13.8. The van der Waals surface area contributed by atoms with Gasteiger partial charge in [-0.1, -0.05) is 50.6 Å². The summed E-state index contributed by atoms with van der Waals surface area (Å²) in [5.41, 5.74) is 1.09. The molecular weight excluding hydrogens is 238 g/mol. The van der Waals surface area contributed by atoms with Crippen molar-refractivity contribution in [2.45, 2.75) is 38.7 Å². The third-order valence-electron chi connectivity index (χ3n) is 4.11. The van der Waals surface area contributed by atoms with E-state index in [2.05, 4.69) is 13.8 Å². The molecule has 0 saturated carbocycles. The molecular formula is C16H23NO2. The molecule has 0 aliphatic carbocycles. The van der Waals surface area contributed by atoms with Crippen LogP contribution in [0.5, 0.6) is 0 Å². The van der Waals surface area contributed by atoms with Crippen molar-refractivity contribution in [3.05, 3.63) is 35.9 Å². The number of carbonyl (C=O) groups is 1. The van der Waals surface area contributed by atoms with Crippen molar-refractivity contribution < 1.29 is 9.90 Å². The third-order valence-corrected chi connectivity index (χ3v) is 4.11. The van der Waals surface area contributed by atoms with Gasteiger partial charge in [-0.3, -0.25) is 4.79 Å². The molecule has 1 aromatic carbocycles. The fourth-order valence-corrected chi connectivity index (χ4v) is 2.75. The zero-order valence-electron chi connectivity index (χ0n) is 11.7. The molecule has 0 radical (unpaired) electrons. The first-order valence-electron chi connectivity index (χ1n) is 7.15. The van der Waals surface area contributed by atoms with E-state index in [1.165, 1.54) is 0 Å². The Hall–Kier alpha value is -1.35. The summed E-state index contributed by atoms with van der Waals surface area (Å²) < 4.78 is 0. The van der Waals surface area contributed by atoms with Crippen molar-refractivity contribution in [3.63, 3.8) is 0 Å². The summed E-state index contributed by atoms with van der Waals surface area (Å²) in [5, 5.41) is 9.60. The molecule has 0 aromatic heterocycles. The highest BCUT2D eigenvalue weighted by atomic mass is 16.3. The predicted octanol–water partition coefficient (Wildman–Crippen LogP) is 2.41. The molecule has 19 heavy (non-hydrogen) atoms. The lowest BCUT2D eigenvalue weighted by Gasteiger charge is -2.27. The van der Waals surface area contributed by atoms with Crippen molar-refractivity contribution in [3.8, 4) is 0 Å². The SMILES string of the molecule is CCC(C)C(C(=O)N1CC[C@H](O)C1)c1ccccc1. The first-order valence-corrected chi connectivity index (χ1v) is 7.15. The minimum absolute atomic E-state index is 0.0866. The van der Waals surface area contributed by atoms with Crippen LogP contribution in [-0.2, 0) is 4.79 Å². The van der Waals surface area contributed by atoms with Crippen LogP contribution >= 0.6 is 0 Å². The number of β-amino-alcohol motifs (C(OH)–C–C–N with tert-alkyl or cyclic N) is 1. The van der Waals surface area contributed by atoms with Gasteiger partial charge in [-0.05, 0) is 17.9 Å². The van der Waals surface area contributed by atoms with Crippen LogP contribution in [0.25, 0.3) is 0 Å². The van der Waals surface area contributed by atoms with Crippen molar-refractivity contribution in [2.75, 3.05) is 13.1 Å². The number of aliphatic hydroxyl groups is 1. The van der Waals surface area contributed by atoms with Gasteiger partial charge in [0.15, 0.2) is 0 Å². The molecule has 2 rings (SSSR count). The van der Waals surface area contributed by atoms with Gasteiger partial charge in [0.1, 0.15) is 0 Å². The molecule has 0 spiro atoms. The normalized spacial score (nSPS) is 22.3. The van der Waals surface area contributed by atoms with Gasteiger partial charge in [-0.15, -0.1) is 0 Å². The van der Waals surface area contributed by atoms with Crippen LogP contribution in [0.3, 0.4) is 0 Å². The van der Waals surface area contributed by atoms with E-state index in [9.17, 15) is 9.90 Å². The van der Waals surface area contributed by atoms with E-state index in [1.54, 1.807) is 0 Å². The van der Waals surface area contributed by atoms with Gasteiger partial charge in [0, 0.05) is 13.1 Å². The quantitative estimate of drug-likeness (QED) is 0.904. The lowest BCUT2D eigenvalue weighted by Crippen LogP contribution is -2.36. The highest BCUT2D eigenvalue weighted by Crippen LogP contribution is 2.30. The molecule has 1 heterocycles. The summed E-state index contributed by atoms with van der Waals surface area (Å²) in [6.45, 7) is 5.41. The third kappa shape index (κ3) is 3.16. The first-order chi connectivity index (χ1) is 9.13. The Balaban J connectivity index is 2.21. The number of amides is 1. The van der Waals surface area contributed by atoms with Gasteiger partial charge >= 0.3 is 0 Å². The Bertz CT molecular complexity index is 418. The van der Waals surface area contributed by atoms with Gasteiger partial charge < -0.3 is 10.0 Å². The average Bonchev–Trinajstić information content (AvgIpc) is 2.86. The molecule has 1 saturated heterocycles. The molecule has 2 unspecified atom stereocenters. The second kappa shape index (κ2) is 6.20. The molecule has 3 nitrogen and oxygen atoms in total. The minimum Gasteiger partial charge on any atom is -0.391 e. The topological polar surface area (TPSA) is 40.5 Å². The van der Waals surface area contributed by atoms with E-state index in [0.29, 0.717) is 25.4 Å². The number of rotatable bonds is 4. The standard InChI is InChI=1S/C16H23NO2/c1-3-12(2)15(13-7-5-4-6-8-13)16(19)17-10-9-14(18)11-17/h4-8,12,14-15,18H,3,9-11H2,1-2H3/t12?,14-,15?/m0/s1. The molecule has 104 valence electrons. The van der Waals surface area contributed by atoms with E-state index < -0.39 is 0 Å². The van der Waals surface area contributed by atoms with Crippen LogP contribution in [0.2, 0.25) is 0 Å². The highest BCUT2D eigenvalue weighted by molar-refractivity contribution is 5.84. The molecule has 1 fully saturated rings. The number of hydrogen-bond acceptors (Lipinski definition) is 2. The fourth-order valence-electron chi connectivity index (χ4n) is 2.75. The van der Waals surface area contributed by atoms with Crippen molar-refractivity contribution >= 4 is 5.91 Å². The molecule has 3 atom stereocenters. The van der Waals surface area contributed by atoms with E-state index in [-0.39, 0.29) is 17.9 Å². The molecule has 1 N–H and O–H groups in total. The summed E-state index contributed by atoms with van der Waals surface area (Å²) in [6, 6.07) is 10.00. The predicted molar refractivity (Wildman–Crippen MR) is 75.8 cm³/mol. The number of aliphatic hydroxyl groups excluding tert-OH is 1. The smallest absolute Gasteiger partial charge is 0.230 e. The number of likely N-dealkylation sites (tertiary alicyclic amines) is 1. The number of carbonyl (C=O) groups excluding carboxylic acids is 1. The van der Waals surface area contributed by atoms with Gasteiger partial charge in [-0.2, -0.15) is 0 Å². The minimum atomic E-state index is -0.350. The van der Waals surface area contributed by atoms with Gasteiger partial charge in [0.05, 0.1) is 12.0 Å². The summed E-state index contributed by atoms with van der Waals surface area (Å²) in [6.07, 6.45) is 1.33. The molecule has 1 amide bonds. The van der Waals surface area contributed by atoms with Crippen LogP contribution in [-0.4, -0.2) is 35.1 Å². The number of benzene rings is 1. The van der Waals surface area contributed by atoms with Crippen LogP contribution in [0.4, 0.5) is 0 Å².